The molecule has 1 aliphatic heterocycles. The van der Waals surface area contributed by atoms with Crippen molar-refractivity contribution in [3.8, 4) is 0 Å². The van der Waals surface area contributed by atoms with Crippen LogP contribution >= 0.6 is 0 Å². The molecule has 1 aromatic heterocycles. The van der Waals surface area contributed by atoms with Gasteiger partial charge in [0.1, 0.15) is 5.82 Å². The van der Waals surface area contributed by atoms with E-state index in [1.807, 2.05) is 6.20 Å². The Bertz CT molecular complexity index is 428. The average molecular weight is 266 g/mol. The Hall–Kier alpha value is -0.910. The zero-order valence-electron chi connectivity index (χ0n) is 11.5. The summed E-state index contributed by atoms with van der Waals surface area (Å²) in [4.78, 5) is 4.36. The third-order valence-corrected chi connectivity index (χ3v) is 4.39. The third-order valence-electron chi connectivity index (χ3n) is 4.39. The fraction of sp³-hybridized carbons (Fsp3) is 0.786. The predicted molar refractivity (Wildman–Crippen MR) is 69.7 cm³/mol. The summed E-state index contributed by atoms with van der Waals surface area (Å²) in [6.45, 7) is 4.34. The van der Waals surface area contributed by atoms with E-state index in [4.69, 9.17) is 9.47 Å². The summed E-state index contributed by atoms with van der Waals surface area (Å²) in [6, 6.07) is 0. The van der Waals surface area contributed by atoms with Gasteiger partial charge in [-0.15, -0.1) is 0 Å². The molecular formula is C14H22N2O3. The maximum absolute atomic E-state index is 10.7. The molecule has 1 aromatic rings. The van der Waals surface area contributed by atoms with E-state index >= 15 is 0 Å². The molecule has 0 radical (unpaired) electrons. The lowest BCUT2D eigenvalue weighted by Crippen LogP contribution is -2.45. The number of hydrogen-bond acceptors (Lipinski definition) is 4. The quantitative estimate of drug-likeness (QED) is 0.900. The molecule has 2 aliphatic rings. The van der Waals surface area contributed by atoms with Gasteiger partial charge in [-0.05, 0) is 19.8 Å². The summed E-state index contributed by atoms with van der Waals surface area (Å²) < 4.78 is 13.5. The van der Waals surface area contributed by atoms with E-state index in [-0.39, 0.29) is 0 Å². The second-order valence-corrected chi connectivity index (χ2v) is 5.64. The molecule has 3 rings (SSSR count). The molecule has 1 spiro atoms. The SMILES string of the molecule is CCn1ccnc1CC1(O)CCC2(CC1)OCCO2. The molecular weight excluding hydrogens is 244 g/mol. The van der Waals surface area contributed by atoms with E-state index in [1.165, 1.54) is 0 Å². The average Bonchev–Trinajstić information content (AvgIpc) is 3.03. The molecule has 0 bridgehead atoms. The van der Waals surface area contributed by atoms with Gasteiger partial charge >= 0.3 is 0 Å². The van der Waals surface area contributed by atoms with Crippen molar-refractivity contribution in [1.29, 1.82) is 0 Å². The van der Waals surface area contributed by atoms with Crippen molar-refractivity contribution >= 4 is 0 Å². The Labute approximate surface area is 113 Å². The normalized spacial score (nSPS) is 24.9. The van der Waals surface area contributed by atoms with Crippen LogP contribution < -0.4 is 0 Å². The van der Waals surface area contributed by atoms with Crippen LogP contribution in [0.15, 0.2) is 12.4 Å². The standard InChI is InChI=1S/C14H22N2O3/c1-2-16-8-7-15-12(16)11-13(17)3-5-14(6-4-13)18-9-10-19-14/h7-8,17H,2-6,9-11H2,1H3. The number of imidazole rings is 1. The Morgan fingerprint density at radius 3 is 2.58 bits per heavy atom. The van der Waals surface area contributed by atoms with Crippen molar-refractivity contribution in [2.24, 2.45) is 0 Å². The van der Waals surface area contributed by atoms with Gasteiger partial charge in [0.25, 0.3) is 0 Å². The molecule has 2 fully saturated rings. The molecule has 2 heterocycles. The van der Waals surface area contributed by atoms with Gasteiger partial charge in [0.05, 0.1) is 18.8 Å². The third kappa shape index (κ3) is 2.55. The Balaban J connectivity index is 1.65. The molecule has 0 unspecified atom stereocenters. The highest BCUT2D eigenvalue weighted by molar-refractivity contribution is 5.02. The Kier molecular flexibility index (Phi) is 3.37. The Morgan fingerprint density at radius 1 is 1.26 bits per heavy atom. The van der Waals surface area contributed by atoms with E-state index < -0.39 is 11.4 Å². The second kappa shape index (κ2) is 4.89. The van der Waals surface area contributed by atoms with Crippen LogP contribution in [0, 0.1) is 0 Å². The number of hydrogen-bond donors (Lipinski definition) is 1. The van der Waals surface area contributed by atoms with E-state index in [9.17, 15) is 5.11 Å². The van der Waals surface area contributed by atoms with Gasteiger partial charge in [-0.3, -0.25) is 0 Å². The molecule has 0 atom stereocenters. The van der Waals surface area contributed by atoms with Gasteiger partial charge in [0.15, 0.2) is 5.79 Å². The van der Waals surface area contributed by atoms with Crippen LogP contribution in [0.4, 0.5) is 0 Å². The molecule has 106 valence electrons. The molecule has 1 aliphatic carbocycles. The van der Waals surface area contributed by atoms with Crippen molar-refractivity contribution in [3.05, 3.63) is 18.2 Å². The first-order valence-corrected chi connectivity index (χ1v) is 7.15. The van der Waals surface area contributed by atoms with Crippen LogP contribution in [-0.2, 0) is 22.4 Å². The van der Waals surface area contributed by atoms with Crippen LogP contribution in [-0.4, -0.2) is 39.3 Å². The van der Waals surface area contributed by atoms with E-state index in [2.05, 4.69) is 16.5 Å². The molecule has 1 saturated carbocycles. The Morgan fingerprint density at radius 2 is 1.95 bits per heavy atom. The van der Waals surface area contributed by atoms with E-state index in [0.29, 0.717) is 32.5 Å². The van der Waals surface area contributed by atoms with Crippen molar-refractivity contribution in [1.82, 2.24) is 9.55 Å². The number of nitrogens with zero attached hydrogens (tertiary/aromatic N) is 2. The first kappa shape index (κ1) is 13.1. The predicted octanol–water partition coefficient (Wildman–Crippen LogP) is 1.49. The van der Waals surface area contributed by atoms with E-state index in [1.54, 1.807) is 6.20 Å². The fourth-order valence-corrected chi connectivity index (χ4v) is 3.15. The summed E-state index contributed by atoms with van der Waals surface area (Å²) in [7, 11) is 0. The number of aromatic nitrogens is 2. The fourth-order valence-electron chi connectivity index (χ4n) is 3.15. The summed E-state index contributed by atoms with van der Waals surface area (Å²) in [5, 5.41) is 10.7. The topological polar surface area (TPSA) is 56.5 Å². The smallest absolute Gasteiger partial charge is 0.168 e. The summed E-state index contributed by atoms with van der Waals surface area (Å²) in [6.07, 6.45) is 7.35. The highest BCUT2D eigenvalue weighted by atomic mass is 16.7. The zero-order valence-corrected chi connectivity index (χ0v) is 11.5. The largest absolute Gasteiger partial charge is 0.389 e. The minimum atomic E-state index is -0.668. The van der Waals surface area contributed by atoms with Crippen LogP contribution in [0.25, 0.3) is 0 Å². The van der Waals surface area contributed by atoms with Crippen LogP contribution in [0.3, 0.4) is 0 Å². The van der Waals surface area contributed by atoms with Gasteiger partial charge < -0.3 is 19.1 Å². The number of aliphatic hydroxyl groups is 1. The lowest BCUT2D eigenvalue weighted by atomic mass is 9.79. The highest BCUT2D eigenvalue weighted by Gasteiger charge is 2.45. The summed E-state index contributed by atoms with van der Waals surface area (Å²) >= 11 is 0. The van der Waals surface area contributed by atoms with Crippen LogP contribution in [0.2, 0.25) is 0 Å². The molecule has 0 aromatic carbocycles. The lowest BCUT2D eigenvalue weighted by Gasteiger charge is -2.40. The number of rotatable bonds is 3. The number of aryl methyl sites for hydroxylation is 1. The van der Waals surface area contributed by atoms with Crippen molar-refractivity contribution in [2.75, 3.05) is 13.2 Å². The van der Waals surface area contributed by atoms with E-state index in [0.717, 1.165) is 25.2 Å². The minimum absolute atomic E-state index is 0.410. The summed E-state index contributed by atoms with van der Waals surface area (Å²) in [5.41, 5.74) is -0.668. The second-order valence-electron chi connectivity index (χ2n) is 5.64. The van der Waals surface area contributed by atoms with Crippen LogP contribution in [0.5, 0.6) is 0 Å². The van der Waals surface area contributed by atoms with Crippen LogP contribution in [0.1, 0.15) is 38.4 Å². The summed E-state index contributed by atoms with van der Waals surface area (Å²) in [5.74, 6) is 0.557. The molecule has 5 heteroatoms. The maximum Gasteiger partial charge on any atom is 0.168 e. The van der Waals surface area contributed by atoms with Gasteiger partial charge in [0.2, 0.25) is 0 Å². The lowest BCUT2D eigenvalue weighted by molar-refractivity contribution is -0.202. The van der Waals surface area contributed by atoms with Crippen molar-refractivity contribution in [2.45, 2.75) is 57.0 Å². The van der Waals surface area contributed by atoms with Gasteiger partial charge in [-0.1, -0.05) is 0 Å². The van der Waals surface area contributed by atoms with Gasteiger partial charge in [0, 0.05) is 38.2 Å². The number of ether oxygens (including phenoxy) is 2. The zero-order chi connectivity index (χ0) is 13.3. The monoisotopic (exact) mass is 266 g/mol. The molecule has 0 amide bonds. The molecule has 1 saturated heterocycles. The highest BCUT2D eigenvalue weighted by Crippen LogP contribution is 2.41. The minimum Gasteiger partial charge on any atom is -0.389 e. The van der Waals surface area contributed by atoms with Crippen molar-refractivity contribution in [3.63, 3.8) is 0 Å². The first-order chi connectivity index (χ1) is 9.15. The molecule has 5 nitrogen and oxygen atoms in total. The maximum atomic E-state index is 10.7. The van der Waals surface area contributed by atoms with Crippen molar-refractivity contribution < 1.29 is 14.6 Å². The molecule has 1 N–H and O–H groups in total. The van der Waals surface area contributed by atoms with Gasteiger partial charge in [-0.2, -0.15) is 0 Å². The van der Waals surface area contributed by atoms with Gasteiger partial charge in [-0.25, -0.2) is 4.98 Å². The first-order valence-electron chi connectivity index (χ1n) is 7.15. The molecule has 19 heavy (non-hydrogen) atoms.